The van der Waals surface area contributed by atoms with Crippen LogP contribution in [0.4, 0.5) is 0 Å². The minimum absolute atomic E-state index is 0.371. The van der Waals surface area contributed by atoms with Gasteiger partial charge in [0, 0.05) is 32.8 Å². The first kappa shape index (κ1) is 15.6. The number of aromatic hydroxyl groups is 1. The normalized spacial score (nSPS) is 14.7. The maximum atomic E-state index is 10.1. The minimum atomic E-state index is 0.371. The lowest BCUT2D eigenvalue weighted by molar-refractivity contribution is 0.203. The van der Waals surface area contributed by atoms with E-state index in [2.05, 4.69) is 21.7 Å². The summed E-state index contributed by atoms with van der Waals surface area (Å²) in [6.45, 7) is 1.92. The summed E-state index contributed by atoms with van der Waals surface area (Å²) < 4.78 is 5.01. The average Bonchev–Trinajstić information content (AvgIpc) is 2.52. The Labute approximate surface area is 126 Å². The predicted molar refractivity (Wildman–Crippen MR) is 84.8 cm³/mol. The van der Waals surface area contributed by atoms with Gasteiger partial charge in [-0.25, -0.2) is 0 Å². The molecule has 1 aromatic carbocycles. The molecule has 0 atom stereocenters. The topological polar surface area (TPSA) is 65.9 Å². The number of methoxy groups -OCH3 is 1. The second-order valence-electron chi connectivity index (χ2n) is 5.25. The summed E-state index contributed by atoms with van der Waals surface area (Å²) in [5, 5.41) is 16.6. The highest BCUT2D eigenvalue weighted by molar-refractivity contribution is 5.79. The van der Waals surface area contributed by atoms with Crippen LogP contribution in [0, 0.1) is 0 Å². The van der Waals surface area contributed by atoms with E-state index in [0.29, 0.717) is 25.4 Å². The Morgan fingerprint density at radius 2 is 2.10 bits per heavy atom. The summed E-state index contributed by atoms with van der Waals surface area (Å²) in [5.74, 6) is 1.09. The standard InChI is InChI=1S/C16H25N3O2/c1-17-16(18-9-10-21-2)19-11-14-13-6-4-3-5-12(13)7-8-15(14)20/h7-8,20H,3-6,9-11H2,1-2H3,(H2,17,18,19). The van der Waals surface area contributed by atoms with Gasteiger partial charge in [0.1, 0.15) is 5.75 Å². The van der Waals surface area contributed by atoms with Crippen LogP contribution in [-0.4, -0.2) is 38.4 Å². The van der Waals surface area contributed by atoms with E-state index in [1.807, 2.05) is 6.07 Å². The van der Waals surface area contributed by atoms with Crippen molar-refractivity contribution in [2.24, 2.45) is 4.99 Å². The molecule has 0 aromatic heterocycles. The number of fused-ring (bicyclic) bond motifs is 1. The molecule has 5 heteroatoms. The molecule has 1 aliphatic carbocycles. The van der Waals surface area contributed by atoms with Gasteiger partial charge in [-0.15, -0.1) is 0 Å². The fourth-order valence-corrected chi connectivity index (χ4v) is 2.75. The Morgan fingerprint density at radius 1 is 1.29 bits per heavy atom. The molecule has 5 nitrogen and oxygen atoms in total. The van der Waals surface area contributed by atoms with E-state index in [-0.39, 0.29) is 0 Å². The third-order valence-electron chi connectivity index (χ3n) is 3.88. The van der Waals surface area contributed by atoms with Gasteiger partial charge in [0.05, 0.1) is 6.61 Å². The van der Waals surface area contributed by atoms with Gasteiger partial charge >= 0.3 is 0 Å². The van der Waals surface area contributed by atoms with Crippen LogP contribution < -0.4 is 10.6 Å². The van der Waals surface area contributed by atoms with Gasteiger partial charge in [-0.3, -0.25) is 4.99 Å². The van der Waals surface area contributed by atoms with Gasteiger partial charge in [0.15, 0.2) is 5.96 Å². The Bertz CT molecular complexity index is 501. The number of benzene rings is 1. The Balaban J connectivity index is 2.02. The highest BCUT2D eigenvalue weighted by atomic mass is 16.5. The fraction of sp³-hybridized carbons (Fsp3) is 0.562. The number of rotatable bonds is 5. The summed E-state index contributed by atoms with van der Waals surface area (Å²) in [5.41, 5.74) is 3.68. The molecule has 0 saturated carbocycles. The largest absolute Gasteiger partial charge is 0.508 e. The van der Waals surface area contributed by atoms with Crippen molar-refractivity contribution in [2.75, 3.05) is 27.3 Å². The van der Waals surface area contributed by atoms with Crippen molar-refractivity contribution in [1.29, 1.82) is 0 Å². The van der Waals surface area contributed by atoms with Gasteiger partial charge in [-0.1, -0.05) is 6.07 Å². The first-order chi connectivity index (χ1) is 10.3. The number of phenols is 1. The van der Waals surface area contributed by atoms with Gasteiger partial charge in [-0.05, 0) is 42.9 Å². The van der Waals surface area contributed by atoms with Gasteiger partial charge < -0.3 is 20.5 Å². The zero-order valence-corrected chi connectivity index (χ0v) is 12.9. The van der Waals surface area contributed by atoms with Crippen molar-refractivity contribution >= 4 is 5.96 Å². The molecule has 1 aliphatic rings. The molecule has 0 radical (unpaired) electrons. The molecular weight excluding hydrogens is 266 g/mol. The molecule has 0 bridgehead atoms. The number of nitrogens with zero attached hydrogens (tertiary/aromatic N) is 1. The van der Waals surface area contributed by atoms with Crippen LogP contribution in [-0.2, 0) is 24.1 Å². The van der Waals surface area contributed by atoms with Gasteiger partial charge in [-0.2, -0.15) is 0 Å². The lowest BCUT2D eigenvalue weighted by atomic mass is 9.88. The van der Waals surface area contributed by atoms with Crippen LogP contribution in [0.3, 0.4) is 0 Å². The molecule has 0 amide bonds. The SMILES string of the molecule is CN=C(NCCOC)NCc1c(O)ccc2c1CCCC2. The molecule has 1 aromatic rings. The lowest BCUT2D eigenvalue weighted by Crippen LogP contribution is -2.38. The third-order valence-corrected chi connectivity index (χ3v) is 3.88. The van der Waals surface area contributed by atoms with Crippen LogP contribution in [0.5, 0.6) is 5.75 Å². The van der Waals surface area contributed by atoms with Crippen LogP contribution in [0.1, 0.15) is 29.5 Å². The Kier molecular flexibility index (Phi) is 5.87. The van der Waals surface area contributed by atoms with Crippen LogP contribution in [0.15, 0.2) is 17.1 Å². The van der Waals surface area contributed by atoms with E-state index in [1.165, 1.54) is 24.0 Å². The van der Waals surface area contributed by atoms with E-state index in [9.17, 15) is 5.11 Å². The number of hydrogen-bond acceptors (Lipinski definition) is 3. The van der Waals surface area contributed by atoms with Crippen molar-refractivity contribution in [1.82, 2.24) is 10.6 Å². The summed E-state index contributed by atoms with van der Waals surface area (Å²) in [6.07, 6.45) is 4.61. The van der Waals surface area contributed by atoms with Crippen molar-refractivity contribution in [3.63, 3.8) is 0 Å². The smallest absolute Gasteiger partial charge is 0.191 e. The van der Waals surface area contributed by atoms with Crippen molar-refractivity contribution in [2.45, 2.75) is 32.2 Å². The highest BCUT2D eigenvalue weighted by Gasteiger charge is 2.16. The third kappa shape index (κ3) is 4.11. The van der Waals surface area contributed by atoms with Crippen molar-refractivity contribution in [3.05, 3.63) is 28.8 Å². The van der Waals surface area contributed by atoms with E-state index in [1.54, 1.807) is 14.2 Å². The molecule has 2 rings (SSSR count). The van der Waals surface area contributed by atoms with E-state index in [4.69, 9.17) is 4.74 Å². The van der Waals surface area contributed by atoms with Crippen LogP contribution in [0.25, 0.3) is 0 Å². The first-order valence-corrected chi connectivity index (χ1v) is 7.52. The average molecular weight is 291 g/mol. The molecule has 0 spiro atoms. The zero-order chi connectivity index (χ0) is 15.1. The van der Waals surface area contributed by atoms with Crippen molar-refractivity contribution in [3.8, 4) is 5.75 Å². The molecule has 0 saturated heterocycles. The monoisotopic (exact) mass is 291 g/mol. The molecule has 0 fully saturated rings. The van der Waals surface area contributed by atoms with Gasteiger partial charge in [0.25, 0.3) is 0 Å². The van der Waals surface area contributed by atoms with E-state index in [0.717, 1.165) is 24.4 Å². The summed E-state index contributed by atoms with van der Waals surface area (Å²) >= 11 is 0. The molecule has 3 N–H and O–H groups in total. The second kappa shape index (κ2) is 7.88. The lowest BCUT2D eigenvalue weighted by Gasteiger charge is -2.21. The molecule has 21 heavy (non-hydrogen) atoms. The van der Waals surface area contributed by atoms with E-state index < -0.39 is 0 Å². The van der Waals surface area contributed by atoms with E-state index >= 15 is 0 Å². The Morgan fingerprint density at radius 3 is 2.86 bits per heavy atom. The quantitative estimate of drug-likeness (QED) is 0.438. The number of guanidine groups is 1. The van der Waals surface area contributed by atoms with Crippen LogP contribution >= 0.6 is 0 Å². The van der Waals surface area contributed by atoms with Crippen molar-refractivity contribution < 1.29 is 9.84 Å². The highest BCUT2D eigenvalue weighted by Crippen LogP contribution is 2.30. The Hall–Kier alpha value is -1.75. The molecule has 0 aliphatic heterocycles. The maximum absolute atomic E-state index is 10.1. The summed E-state index contributed by atoms with van der Waals surface area (Å²) in [4.78, 5) is 4.17. The zero-order valence-electron chi connectivity index (χ0n) is 12.9. The molecule has 116 valence electrons. The molecule has 0 heterocycles. The predicted octanol–water partition coefficient (Wildman–Crippen LogP) is 1.58. The molecule has 0 unspecified atom stereocenters. The fourth-order valence-electron chi connectivity index (χ4n) is 2.75. The number of ether oxygens (including phenoxy) is 1. The number of aliphatic imine (C=N–C) groups is 1. The maximum Gasteiger partial charge on any atom is 0.191 e. The molecular formula is C16H25N3O2. The first-order valence-electron chi connectivity index (χ1n) is 7.52. The van der Waals surface area contributed by atoms with Gasteiger partial charge in [0.2, 0.25) is 0 Å². The minimum Gasteiger partial charge on any atom is -0.508 e. The second-order valence-corrected chi connectivity index (χ2v) is 5.25. The summed E-state index contributed by atoms with van der Waals surface area (Å²) in [6, 6.07) is 3.86. The summed E-state index contributed by atoms with van der Waals surface area (Å²) in [7, 11) is 3.41. The number of phenolic OH excluding ortho intramolecular Hbond substituents is 1. The number of aryl methyl sites for hydroxylation is 1. The van der Waals surface area contributed by atoms with Crippen LogP contribution in [0.2, 0.25) is 0 Å². The number of hydrogen-bond donors (Lipinski definition) is 3. The number of nitrogens with one attached hydrogen (secondary N) is 2.